The second-order valence-corrected chi connectivity index (χ2v) is 4.05. The number of hydrogen-bond acceptors (Lipinski definition) is 3. The lowest BCUT2D eigenvalue weighted by molar-refractivity contribution is -0.788. The second-order valence-electron chi connectivity index (χ2n) is 4.05. The number of H-pyrrole nitrogens is 1. The fraction of sp³-hybridized carbons (Fsp3) is 0.700. The molecule has 5 heteroatoms. The van der Waals surface area contributed by atoms with Crippen LogP contribution in [-0.4, -0.2) is 11.1 Å². The largest absolute Gasteiger partial charge is 0.438 e. The fourth-order valence-corrected chi connectivity index (χ4v) is 2.19. The van der Waals surface area contributed by atoms with Gasteiger partial charge in [-0.2, -0.15) is 0 Å². The van der Waals surface area contributed by atoms with Crippen molar-refractivity contribution in [1.82, 2.24) is 5.27 Å². The zero-order valence-corrected chi connectivity index (χ0v) is 8.78. The van der Waals surface area contributed by atoms with E-state index in [1.165, 1.54) is 13.3 Å². The van der Waals surface area contributed by atoms with Crippen molar-refractivity contribution in [2.45, 2.75) is 45.1 Å². The summed E-state index contributed by atoms with van der Waals surface area (Å²) in [6.45, 7) is 1.39. The molecule has 15 heavy (non-hydrogen) atoms. The maximum absolute atomic E-state index is 11.3. The molecule has 0 aromatic carbocycles. The SMILES string of the molecule is CC(=O)c1c(=O)o[nH][n+]1C1CCCCC1. The number of aromatic nitrogens is 2. The Hall–Kier alpha value is -1.39. The highest BCUT2D eigenvalue weighted by molar-refractivity contribution is 5.90. The van der Waals surface area contributed by atoms with Crippen LogP contribution in [0, 0.1) is 0 Å². The maximum Gasteiger partial charge on any atom is 0.438 e. The monoisotopic (exact) mass is 211 g/mol. The lowest BCUT2D eigenvalue weighted by Crippen LogP contribution is -2.47. The summed E-state index contributed by atoms with van der Waals surface area (Å²) in [5.41, 5.74) is -0.421. The average Bonchev–Trinajstić information content (AvgIpc) is 2.61. The molecule has 1 aliphatic carbocycles. The molecular weight excluding hydrogens is 196 g/mol. The highest BCUT2D eigenvalue weighted by atomic mass is 16.5. The van der Waals surface area contributed by atoms with Crippen molar-refractivity contribution in [3.8, 4) is 0 Å². The Kier molecular flexibility index (Phi) is 2.70. The maximum atomic E-state index is 11.3. The van der Waals surface area contributed by atoms with Crippen molar-refractivity contribution < 1.29 is 14.0 Å². The van der Waals surface area contributed by atoms with Crippen molar-refractivity contribution in [1.29, 1.82) is 0 Å². The highest BCUT2D eigenvalue weighted by Gasteiger charge is 2.33. The molecule has 5 nitrogen and oxygen atoms in total. The van der Waals surface area contributed by atoms with Gasteiger partial charge in [-0.1, -0.05) is 11.1 Å². The Bertz CT molecular complexity index is 413. The minimum atomic E-state index is -0.562. The molecule has 2 rings (SSSR count). The van der Waals surface area contributed by atoms with Crippen molar-refractivity contribution in [2.75, 3.05) is 0 Å². The van der Waals surface area contributed by atoms with Crippen molar-refractivity contribution in [3.63, 3.8) is 0 Å². The van der Waals surface area contributed by atoms with Crippen LogP contribution in [0.5, 0.6) is 0 Å². The number of carbonyl (C=O) groups excluding carboxylic acids is 1. The van der Waals surface area contributed by atoms with E-state index in [1.54, 1.807) is 4.68 Å². The zero-order chi connectivity index (χ0) is 10.8. The average molecular weight is 211 g/mol. The lowest BCUT2D eigenvalue weighted by Gasteiger charge is -2.14. The standard InChI is InChI=1S/C10H14N2O3/c1-7(13)9-10(14)15-11-12(9)8-5-3-2-4-6-8/h8H,2-6H2,1H3/p+1. The first-order valence-corrected chi connectivity index (χ1v) is 5.34. The van der Waals surface area contributed by atoms with Crippen LogP contribution < -0.4 is 10.3 Å². The fourth-order valence-electron chi connectivity index (χ4n) is 2.19. The van der Waals surface area contributed by atoms with Crippen LogP contribution in [0.4, 0.5) is 0 Å². The quantitative estimate of drug-likeness (QED) is 0.585. The molecule has 1 N–H and O–H groups in total. The summed E-state index contributed by atoms with van der Waals surface area (Å²) >= 11 is 0. The zero-order valence-electron chi connectivity index (χ0n) is 8.78. The third kappa shape index (κ3) is 1.86. The van der Waals surface area contributed by atoms with Crippen molar-refractivity contribution in [3.05, 3.63) is 16.1 Å². The third-order valence-electron chi connectivity index (χ3n) is 2.94. The van der Waals surface area contributed by atoms with Gasteiger partial charge in [-0.3, -0.25) is 9.32 Å². The van der Waals surface area contributed by atoms with Crippen LogP contribution >= 0.6 is 0 Å². The van der Waals surface area contributed by atoms with Gasteiger partial charge in [0, 0.05) is 19.8 Å². The highest BCUT2D eigenvalue weighted by Crippen LogP contribution is 2.23. The summed E-state index contributed by atoms with van der Waals surface area (Å²) < 4.78 is 6.27. The van der Waals surface area contributed by atoms with Crippen LogP contribution in [0.15, 0.2) is 9.32 Å². The minimum absolute atomic E-state index is 0.141. The Morgan fingerprint density at radius 1 is 1.40 bits per heavy atom. The van der Waals surface area contributed by atoms with Crippen LogP contribution in [-0.2, 0) is 0 Å². The molecule has 0 aliphatic heterocycles. The van der Waals surface area contributed by atoms with E-state index in [2.05, 4.69) is 9.79 Å². The smallest absolute Gasteiger partial charge is 0.287 e. The van der Waals surface area contributed by atoms with Gasteiger partial charge in [0.15, 0.2) is 6.04 Å². The van der Waals surface area contributed by atoms with E-state index in [4.69, 9.17) is 0 Å². The molecule has 1 aliphatic rings. The molecule has 0 spiro atoms. The summed E-state index contributed by atoms with van der Waals surface area (Å²) in [4.78, 5) is 22.6. The van der Waals surface area contributed by atoms with Crippen molar-refractivity contribution in [2.24, 2.45) is 0 Å². The number of carbonyl (C=O) groups is 1. The van der Waals surface area contributed by atoms with E-state index in [1.807, 2.05) is 0 Å². The summed E-state index contributed by atoms with van der Waals surface area (Å²) in [5.74, 6) is -0.240. The van der Waals surface area contributed by atoms with Gasteiger partial charge in [-0.25, -0.2) is 4.79 Å². The van der Waals surface area contributed by atoms with E-state index in [9.17, 15) is 9.59 Å². The molecule has 1 heterocycles. The molecule has 0 unspecified atom stereocenters. The predicted octanol–water partition coefficient (Wildman–Crippen LogP) is 0.963. The van der Waals surface area contributed by atoms with Gasteiger partial charge in [-0.15, -0.1) is 0 Å². The first-order chi connectivity index (χ1) is 7.20. The first-order valence-electron chi connectivity index (χ1n) is 5.34. The number of Topliss-reactive ketones (excluding diaryl/α,β-unsaturated/α-hetero) is 1. The van der Waals surface area contributed by atoms with Crippen LogP contribution in [0.25, 0.3) is 0 Å². The number of nitrogens with zero attached hydrogens (tertiary/aromatic N) is 1. The molecule has 0 bridgehead atoms. The van der Waals surface area contributed by atoms with Gasteiger partial charge in [0.05, 0.1) is 0 Å². The van der Waals surface area contributed by atoms with E-state index in [0.717, 1.165) is 25.7 Å². The van der Waals surface area contributed by atoms with Gasteiger partial charge < -0.3 is 0 Å². The van der Waals surface area contributed by atoms with Gasteiger partial charge in [0.1, 0.15) is 0 Å². The van der Waals surface area contributed by atoms with Crippen LogP contribution in [0.1, 0.15) is 55.6 Å². The van der Waals surface area contributed by atoms with E-state index in [0.29, 0.717) is 0 Å². The van der Waals surface area contributed by atoms with Gasteiger partial charge >= 0.3 is 11.3 Å². The minimum Gasteiger partial charge on any atom is -0.287 e. The molecule has 1 saturated carbocycles. The Morgan fingerprint density at radius 3 is 2.67 bits per heavy atom. The van der Waals surface area contributed by atoms with E-state index < -0.39 is 5.63 Å². The molecule has 0 saturated heterocycles. The molecule has 1 aromatic rings. The Labute approximate surface area is 87.0 Å². The topological polar surface area (TPSA) is 67.0 Å². The van der Waals surface area contributed by atoms with E-state index in [-0.39, 0.29) is 17.5 Å². The molecule has 0 atom stereocenters. The first kappa shape index (κ1) is 10.1. The number of aromatic amines is 1. The molecule has 0 radical (unpaired) electrons. The van der Waals surface area contributed by atoms with Crippen LogP contribution in [0.3, 0.4) is 0 Å². The number of hydrogen-bond donors (Lipinski definition) is 1. The number of rotatable bonds is 2. The van der Waals surface area contributed by atoms with Gasteiger partial charge in [-0.05, 0) is 18.1 Å². The van der Waals surface area contributed by atoms with Gasteiger partial charge in [0.25, 0.3) is 0 Å². The van der Waals surface area contributed by atoms with Crippen LogP contribution in [0.2, 0.25) is 0 Å². The number of nitrogens with one attached hydrogen (secondary N) is 1. The molecule has 0 amide bonds. The van der Waals surface area contributed by atoms with Crippen molar-refractivity contribution >= 4 is 5.78 Å². The summed E-state index contributed by atoms with van der Waals surface area (Å²) in [7, 11) is 0. The molecular formula is C10H15N2O3+. The predicted molar refractivity (Wildman–Crippen MR) is 51.7 cm³/mol. The summed E-state index contributed by atoms with van der Waals surface area (Å²) in [6, 6.07) is 0.212. The Morgan fingerprint density at radius 2 is 2.07 bits per heavy atom. The second kappa shape index (κ2) is 4.00. The normalized spacial score (nSPS) is 17.9. The third-order valence-corrected chi connectivity index (χ3v) is 2.94. The summed E-state index contributed by atoms with van der Waals surface area (Å²) in [6.07, 6.45) is 5.51. The van der Waals surface area contributed by atoms with Gasteiger partial charge in [0.2, 0.25) is 5.78 Å². The lowest BCUT2D eigenvalue weighted by atomic mass is 9.95. The Balaban J connectivity index is 2.34. The van der Waals surface area contributed by atoms with E-state index >= 15 is 0 Å². The summed E-state index contributed by atoms with van der Waals surface area (Å²) in [5, 5.41) is 2.53. The molecule has 82 valence electrons. The molecule has 1 fully saturated rings. The number of ketones is 1. The molecule has 1 aromatic heterocycles.